The minimum absolute atomic E-state index is 0.0951. The van der Waals surface area contributed by atoms with E-state index in [4.69, 9.17) is 5.11 Å². The van der Waals surface area contributed by atoms with E-state index in [1.54, 1.807) is 0 Å². The van der Waals surface area contributed by atoms with Crippen LogP contribution in [0.2, 0.25) is 0 Å². The maximum absolute atomic E-state index is 12.0. The molecule has 1 fully saturated rings. The second-order valence-electron chi connectivity index (χ2n) is 6.46. The summed E-state index contributed by atoms with van der Waals surface area (Å²) in [7, 11) is 0. The lowest BCUT2D eigenvalue weighted by molar-refractivity contribution is -0.152. The first kappa shape index (κ1) is 18.0. The Bertz CT molecular complexity index is 335. The maximum atomic E-state index is 12.0. The normalized spacial score (nSPS) is 19.5. The number of carbonyl (C=O) groups excluding carboxylic acids is 1. The van der Waals surface area contributed by atoms with Gasteiger partial charge in [-0.3, -0.25) is 9.59 Å². The zero-order valence-electron chi connectivity index (χ0n) is 13.1. The van der Waals surface area contributed by atoms with E-state index in [-0.39, 0.29) is 24.9 Å². The number of amides is 1. The van der Waals surface area contributed by atoms with Crippen molar-refractivity contribution in [2.24, 2.45) is 11.3 Å². The standard InChI is InChI=1S/C16H29NO4/c1-13(12-18)7-6-10-17-14(19)11-16(15(20)21)8-4-2-3-5-9-16/h13,18H,2-12H2,1H3,(H,17,19)(H,20,21). The van der Waals surface area contributed by atoms with Crippen LogP contribution in [0.3, 0.4) is 0 Å². The van der Waals surface area contributed by atoms with E-state index in [9.17, 15) is 14.7 Å². The van der Waals surface area contributed by atoms with Gasteiger partial charge >= 0.3 is 5.97 Å². The smallest absolute Gasteiger partial charge is 0.310 e. The predicted molar refractivity (Wildman–Crippen MR) is 80.9 cm³/mol. The minimum atomic E-state index is -0.862. The Morgan fingerprint density at radius 1 is 1.19 bits per heavy atom. The molecule has 0 aliphatic heterocycles. The highest BCUT2D eigenvalue weighted by atomic mass is 16.4. The van der Waals surface area contributed by atoms with Crippen LogP contribution in [-0.4, -0.2) is 35.2 Å². The number of carbonyl (C=O) groups is 2. The first-order chi connectivity index (χ1) is 10.00. The third-order valence-corrected chi connectivity index (χ3v) is 4.52. The van der Waals surface area contributed by atoms with Crippen molar-refractivity contribution < 1.29 is 19.8 Å². The molecule has 3 N–H and O–H groups in total. The van der Waals surface area contributed by atoms with Crippen LogP contribution >= 0.6 is 0 Å². The van der Waals surface area contributed by atoms with Gasteiger partial charge in [-0.2, -0.15) is 0 Å². The molecule has 0 saturated heterocycles. The summed E-state index contributed by atoms with van der Waals surface area (Å²) in [5.74, 6) is -0.737. The third-order valence-electron chi connectivity index (χ3n) is 4.52. The third kappa shape index (κ3) is 6.04. The highest BCUT2D eigenvalue weighted by Crippen LogP contribution is 2.38. The van der Waals surface area contributed by atoms with Gasteiger partial charge in [-0.05, 0) is 31.6 Å². The molecule has 0 aromatic carbocycles. The number of carboxylic acids is 1. The molecule has 5 nitrogen and oxygen atoms in total. The first-order valence-electron chi connectivity index (χ1n) is 8.11. The molecule has 21 heavy (non-hydrogen) atoms. The Hall–Kier alpha value is -1.10. The Morgan fingerprint density at radius 3 is 2.33 bits per heavy atom. The quantitative estimate of drug-likeness (QED) is 0.474. The SMILES string of the molecule is CC(CO)CCCNC(=O)CC1(C(=O)O)CCCCCC1. The van der Waals surface area contributed by atoms with E-state index >= 15 is 0 Å². The lowest BCUT2D eigenvalue weighted by Crippen LogP contribution is -2.37. The number of nitrogens with one attached hydrogen (secondary N) is 1. The summed E-state index contributed by atoms with van der Waals surface area (Å²) < 4.78 is 0. The number of rotatable bonds is 8. The molecule has 0 heterocycles. The summed E-state index contributed by atoms with van der Waals surface area (Å²) in [5, 5.41) is 21.3. The number of hydrogen-bond acceptors (Lipinski definition) is 3. The number of aliphatic hydroxyl groups is 1. The molecule has 0 bridgehead atoms. The zero-order chi connectivity index (χ0) is 15.7. The van der Waals surface area contributed by atoms with Gasteiger partial charge in [0, 0.05) is 19.6 Å². The van der Waals surface area contributed by atoms with Crippen molar-refractivity contribution in [3.05, 3.63) is 0 Å². The molecule has 0 radical (unpaired) electrons. The predicted octanol–water partition coefficient (Wildman–Crippen LogP) is 2.33. The topological polar surface area (TPSA) is 86.6 Å². The lowest BCUT2D eigenvalue weighted by atomic mass is 9.77. The van der Waals surface area contributed by atoms with Crippen molar-refractivity contribution in [3.8, 4) is 0 Å². The van der Waals surface area contributed by atoms with Gasteiger partial charge in [0.15, 0.2) is 0 Å². The molecule has 0 spiro atoms. The van der Waals surface area contributed by atoms with Crippen molar-refractivity contribution >= 4 is 11.9 Å². The number of aliphatic carboxylic acids is 1. The van der Waals surface area contributed by atoms with Gasteiger partial charge < -0.3 is 15.5 Å². The van der Waals surface area contributed by atoms with Crippen molar-refractivity contribution in [3.63, 3.8) is 0 Å². The Morgan fingerprint density at radius 2 is 1.81 bits per heavy atom. The summed E-state index contributed by atoms with van der Waals surface area (Å²) in [6.45, 7) is 2.68. The van der Waals surface area contributed by atoms with Crippen LogP contribution < -0.4 is 5.32 Å². The lowest BCUT2D eigenvalue weighted by Gasteiger charge is -2.27. The molecule has 0 aromatic rings. The van der Waals surface area contributed by atoms with E-state index in [1.165, 1.54) is 0 Å². The number of aliphatic hydroxyl groups excluding tert-OH is 1. The second-order valence-corrected chi connectivity index (χ2v) is 6.46. The highest BCUT2D eigenvalue weighted by molar-refractivity contribution is 5.85. The van der Waals surface area contributed by atoms with Gasteiger partial charge in [0.25, 0.3) is 0 Å². The van der Waals surface area contributed by atoms with E-state index in [0.717, 1.165) is 38.5 Å². The summed E-state index contributed by atoms with van der Waals surface area (Å²) in [6.07, 6.45) is 6.91. The van der Waals surface area contributed by atoms with E-state index in [1.807, 2.05) is 6.92 Å². The highest BCUT2D eigenvalue weighted by Gasteiger charge is 2.40. The molecule has 1 aliphatic carbocycles. The molecule has 1 rings (SSSR count). The molecule has 5 heteroatoms. The summed E-state index contributed by atoms with van der Waals surface area (Å²) in [4.78, 5) is 23.6. The van der Waals surface area contributed by atoms with Crippen LogP contribution in [0.4, 0.5) is 0 Å². The molecular formula is C16H29NO4. The van der Waals surface area contributed by atoms with Gasteiger partial charge in [0.2, 0.25) is 5.91 Å². The maximum Gasteiger partial charge on any atom is 0.310 e. The first-order valence-corrected chi connectivity index (χ1v) is 8.11. The average molecular weight is 299 g/mol. The summed E-state index contributed by atoms with van der Waals surface area (Å²) >= 11 is 0. The minimum Gasteiger partial charge on any atom is -0.481 e. The number of carboxylic acid groups (broad SMARTS) is 1. The fourth-order valence-electron chi connectivity index (χ4n) is 3.01. The Labute approximate surface area is 127 Å². The molecule has 1 unspecified atom stereocenters. The van der Waals surface area contributed by atoms with Crippen molar-refractivity contribution in [2.45, 2.75) is 64.7 Å². The molecule has 1 amide bonds. The van der Waals surface area contributed by atoms with Crippen LogP contribution in [0.1, 0.15) is 64.7 Å². The van der Waals surface area contributed by atoms with Crippen LogP contribution in [0, 0.1) is 11.3 Å². The largest absolute Gasteiger partial charge is 0.481 e. The second kappa shape index (κ2) is 9.03. The fraction of sp³-hybridized carbons (Fsp3) is 0.875. The van der Waals surface area contributed by atoms with Gasteiger partial charge in [0.1, 0.15) is 0 Å². The zero-order valence-corrected chi connectivity index (χ0v) is 13.1. The van der Waals surface area contributed by atoms with Crippen LogP contribution in [0.25, 0.3) is 0 Å². The molecule has 1 atom stereocenters. The van der Waals surface area contributed by atoms with E-state index < -0.39 is 11.4 Å². The van der Waals surface area contributed by atoms with Crippen LogP contribution in [-0.2, 0) is 9.59 Å². The fourth-order valence-corrected chi connectivity index (χ4v) is 3.01. The van der Waals surface area contributed by atoms with Crippen LogP contribution in [0.5, 0.6) is 0 Å². The van der Waals surface area contributed by atoms with Gasteiger partial charge in [0.05, 0.1) is 5.41 Å². The Balaban J connectivity index is 2.40. The monoisotopic (exact) mass is 299 g/mol. The van der Waals surface area contributed by atoms with Crippen LogP contribution in [0.15, 0.2) is 0 Å². The molecule has 0 aromatic heterocycles. The number of hydrogen-bond donors (Lipinski definition) is 3. The van der Waals surface area contributed by atoms with E-state index in [0.29, 0.717) is 19.4 Å². The molecule has 1 saturated carbocycles. The van der Waals surface area contributed by atoms with Crippen molar-refractivity contribution in [1.82, 2.24) is 5.32 Å². The molecule has 122 valence electrons. The average Bonchev–Trinajstić information content (AvgIpc) is 2.69. The van der Waals surface area contributed by atoms with Gasteiger partial charge in [-0.25, -0.2) is 0 Å². The van der Waals surface area contributed by atoms with Gasteiger partial charge in [-0.1, -0.05) is 32.6 Å². The molecule has 1 aliphatic rings. The van der Waals surface area contributed by atoms with Gasteiger partial charge in [-0.15, -0.1) is 0 Å². The van der Waals surface area contributed by atoms with Crippen molar-refractivity contribution in [2.75, 3.05) is 13.2 Å². The van der Waals surface area contributed by atoms with E-state index in [2.05, 4.69) is 5.32 Å². The van der Waals surface area contributed by atoms with Crippen molar-refractivity contribution in [1.29, 1.82) is 0 Å². The Kier molecular flexibility index (Phi) is 7.72. The summed E-state index contributed by atoms with van der Waals surface area (Å²) in [6, 6.07) is 0. The molecular weight excluding hydrogens is 270 g/mol. The summed E-state index contributed by atoms with van der Waals surface area (Å²) in [5.41, 5.74) is -0.862.